The molecule has 0 spiro atoms. The Labute approximate surface area is 159 Å². The van der Waals surface area contributed by atoms with Crippen LogP contribution in [-0.2, 0) is 14.3 Å². The molecule has 8 heteroatoms. The Morgan fingerprint density at radius 1 is 1.19 bits per heavy atom. The minimum atomic E-state index is -0.493. The monoisotopic (exact) mass is 389 g/mol. The van der Waals surface area contributed by atoms with E-state index in [4.69, 9.17) is 9.47 Å². The molecule has 1 aliphatic heterocycles. The van der Waals surface area contributed by atoms with E-state index < -0.39 is 5.97 Å². The summed E-state index contributed by atoms with van der Waals surface area (Å²) in [4.78, 5) is 36.1. The zero-order valence-corrected chi connectivity index (χ0v) is 15.0. The van der Waals surface area contributed by atoms with E-state index in [2.05, 4.69) is 5.32 Å². The first-order valence-electron chi connectivity index (χ1n) is 8.15. The highest BCUT2D eigenvalue weighted by molar-refractivity contribution is 7.99. The van der Waals surface area contributed by atoms with E-state index in [1.807, 2.05) is 0 Å². The topological polar surface area (TPSA) is 81.7 Å². The standard InChI is InChI=1S/C19H16FNO5S/c20-13-2-4-14(5-3-13)27-8-7-19(24)26-10-16(22)12-1-6-17-15(9-12)21-18(23)11-25-17/h1-6,9H,7-8,10-11H2,(H,21,23). The number of carbonyl (C=O) groups excluding carboxylic acids is 3. The van der Waals surface area contributed by atoms with Crippen LogP contribution in [-0.4, -0.2) is 36.6 Å². The van der Waals surface area contributed by atoms with Crippen LogP contribution in [0.5, 0.6) is 5.75 Å². The molecule has 0 fully saturated rings. The van der Waals surface area contributed by atoms with Crippen LogP contribution >= 0.6 is 11.8 Å². The average Bonchev–Trinajstić information content (AvgIpc) is 2.67. The first-order chi connectivity index (χ1) is 13.0. The zero-order valence-electron chi connectivity index (χ0n) is 14.2. The van der Waals surface area contributed by atoms with Gasteiger partial charge in [-0.2, -0.15) is 0 Å². The number of thioether (sulfide) groups is 1. The molecule has 1 aliphatic rings. The first-order valence-corrected chi connectivity index (χ1v) is 9.14. The molecule has 2 aromatic carbocycles. The van der Waals surface area contributed by atoms with Crippen LogP contribution in [0.4, 0.5) is 10.1 Å². The van der Waals surface area contributed by atoms with Gasteiger partial charge in [0.25, 0.3) is 5.91 Å². The predicted molar refractivity (Wildman–Crippen MR) is 97.6 cm³/mol. The summed E-state index contributed by atoms with van der Waals surface area (Å²) in [6, 6.07) is 10.6. The van der Waals surface area contributed by atoms with Crippen molar-refractivity contribution in [3.8, 4) is 5.75 Å². The normalized spacial score (nSPS) is 12.6. The number of ketones is 1. The fraction of sp³-hybridized carbons (Fsp3) is 0.211. The third-order valence-corrected chi connectivity index (χ3v) is 4.70. The Kier molecular flexibility index (Phi) is 6.08. The van der Waals surface area contributed by atoms with E-state index >= 15 is 0 Å². The number of rotatable bonds is 7. The maximum Gasteiger partial charge on any atom is 0.307 e. The van der Waals surface area contributed by atoms with Crippen molar-refractivity contribution in [1.29, 1.82) is 0 Å². The summed E-state index contributed by atoms with van der Waals surface area (Å²) in [5.74, 6) is -0.533. The third-order valence-electron chi connectivity index (χ3n) is 3.69. The van der Waals surface area contributed by atoms with Crippen molar-refractivity contribution >= 4 is 35.1 Å². The van der Waals surface area contributed by atoms with E-state index in [0.29, 0.717) is 22.8 Å². The lowest BCUT2D eigenvalue weighted by molar-refractivity contribution is -0.142. The number of carbonyl (C=O) groups is 3. The molecule has 0 saturated carbocycles. The summed E-state index contributed by atoms with van der Waals surface area (Å²) in [6.45, 7) is -0.443. The zero-order chi connectivity index (χ0) is 19.2. The largest absolute Gasteiger partial charge is 0.482 e. The number of amides is 1. The number of halogens is 1. The van der Waals surface area contributed by atoms with Crippen molar-refractivity contribution in [3.05, 3.63) is 53.8 Å². The van der Waals surface area contributed by atoms with E-state index in [9.17, 15) is 18.8 Å². The second kappa shape index (κ2) is 8.68. The molecular formula is C19H16FNO5S. The molecule has 3 rings (SSSR count). The van der Waals surface area contributed by atoms with Gasteiger partial charge < -0.3 is 14.8 Å². The number of hydrogen-bond acceptors (Lipinski definition) is 6. The van der Waals surface area contributed by atoms with Crippen molar-refractivity contribution in [1.82, 2.24) is 0 Å². The molecule has 6 nitrogen and oxygen atoms in total. The molecule has 27 heavy (non-hydrogen) atoms. The van der Waals surface area contributed by atoms with Gasteiger partial charge in [-0.15, -0.1) is 11.8 Å². The Hall–Kier alpha value is -2.87. The number of hydrogen-bond donors (Lipinski definition) is 1. The molecule has 2 aromatic rings. The predicted octanol–water partition coefficient (Wildman–Crippen LogP) is 3.06. The van der Waals surface area contributed by atoms with E-state index in [-0.39, 0.29) is 37.1 Å². The molecule has 0 unspecified atom stereocenters. The van der Waals surface area contributed by atoms with Crippen molar-refractivity contribution in [3.63, 3.8) is 0 Å². The van der Waals surface area contributed by atoms with Gasteiger partial charge >= 0.3 is 5.97 Å². The molecule has 0 bridgehead atoms. The van der Waals surface area contributed by atoms with Gasteiger partial charge in [-0.3, -0.25) is 14.4 Å². The van der Waals surface area contributed by atoms with Gasteiger partial charge in [0.05, 0.1) is 12.1 Å². The minimum absolute atomic E-state index is 0.0617. The number of esters is 1. The highest BCUT2D eigenvalue weighted by Crippen LogP contribution is 2.28. The summed E-state index contributed by atoms with van der Waals surface area (Å²) in [5.41, 5.74) is 0.729. The van der Waals surface area contributed by atoms with Gasteiger partial charge in [-0.25, -0.2) is 4.39 Å². The highest BCUT2D eigenvalue weighted by atomic mass is 32.2. The maximum atomic E-state index is 12.8. The Morgan fingerprint density at radius 2 is 1.96 bits per heavy atom. The van der Waals surface area contributed by atoms with Crippen molar-refractivity contribution in [2.24, 2.45) is 0 Å². The number of benzene rings is 2. The van der Waals surface area contributed by atoms with Crippen LogP contribution in [0.3, 0.4) is 0 Å². The number of ether oxygens (including phenoxy) is 2. The second-order valence-electron chi connectivity index (χ2n) is 5.68. The Balaban J connectivity index is 1.44. The van der Waals surface area contributed by atoms with Gasteiger partial charge in [0.1, 0.15) is 11.6 Å². The fourth-order valence-corrected chi connectivity index (χ4v) is 3.17. The first kappa shape index (κ1) is 18.9. The number of nitrogens with one attached hydrogen (secondary N) is 1. The van der Waals surface area contributed by atoms with Gasteiger partial charge in [0.2, 0.25) is 0 Å². The Bertz CT molecular complexity index is 869. The second-order valence-corrected chi connectivity index (χ2v) is 6.85. The summed E-state index contributed by atoms with van der Waals surface area (Å²) in [5, 5.41) is 2.62. The molecule has 1 heterocycles. The number of fused-ring (bicyclic) bond motifs is 1. The van der Waals surface area contributed by atoms with Crippen LogP contribution in [0.25, 0.3) is 0 Å². The van der Waals surface area contributed by atoms with Crippen LogP contribution in [0, 0.1) is 5.82 Å². The highest BCUT2D eigenvalue weighted by Gasteiger charge is 2.18. The van der Waals surface area contributed by atoms with Crippen molar-refractivity contribution < 1.29 is 28.2 Å². The van der Waals surface area contributed by atoms with Crippen molar-refractivity contribution in [2.45, 2.75) is 11.3 Å². The molecule has 0 aromatic heterocycles. The van der Waals surface area contributed by atoms with E-state index in [1.54, 1.807) is 24.3 Å². The van der Waals surface area contributed by atoms with Crippen molar-refractivity contribution in [2.75, 3.05) is 24.3 Å². The molecule has 0 atom stereocenters. The molecule has 0 aliphatic carbocycles. The lowest BCUT2D eigenvalue weighted by atomic mass is 10.1. The van der Waals surface area contributed by atoms with Gasteiger partial charge in [-0.1, -0.05) is 0 Å². The van der Waals surface area contributed by atoms with Gasteiger partial charge in [-0.05, 0) is 42.5 Å². The molecule has 1 amide bonds. The van der Waals surface area contributed by atoms with Crippen LogP contribution in [0.15, 0.2) is 47.4 Å². The molecule has 140 valence electrons. The molecule has 0 radical (unpaired) electrons. The molecule has 1 N–H and O–H groups in total. The van der Waals surface area contributed by atoms with E-state index in [0.717, 1.165) is 4.90 Å². The summed E-state index contributed by atoms with van der Waals surface area (Å²) in [7, 11) is 0. The lowest BCUT2D eigenvalue weighted by Crippen LogP contribution is -2.25. The number of Topliss-reactive ketones (excluding diaryl/α,β-unsaturated/α-hetero) is 1. The van der Waals surface area contributed by atoms with E-state index in [1.165, 1.54) is 30.0 Å². The third kappa shape index (κ3) is 5.30. The van der Waals surface area contributed by atoms with Gasteiger partial charge in [0, 0.05) is 16.2 Å². The molecular weight excluding hydrogens is 373 g/mol. The fourth-order valence-electron chi connectivity index (χ4n) is 2.34. The quantitative estimate of drug-likeness (QED) is 0.445. The number of anilines is 1. The van der Waals surface area contributed by atoms with Crippen LogP contribution in [0.2, 0.25) is 0 Å². The minimum Gasteiger partial charge on any atom is -0.482 e. The van der Waals surface area contributed by atoms with Crippen LogP contribution in [0.1, 0.15) is 16.8 Å². The summed E-state index contributed by atoms with van der Waals surface area (Å²) < 4.78 is 23.0. The molecule has 0 saturated heterocycles. The lowest BCUT2D eigenvalue weighted by Gasteiger charge is -2.18. The van der Waals surface area contributed by atoms with Gasteiger partial charge in [0.15, 0.2) is 19.0 Å². The summed E-state index contributed by atoms with van der Waals surface area (Å²) in [6.07, 6.45) is 0.128. The summed E-state index contributed by atoms with van der Waals surface area (Å²) >= 11 is 1.40. The Morgan fingerprint density at radius 3 is 2.74 bits per heavy atom. The maximum absolute atomic E-state index is 12.8. The SMILES string of the molecule is O=C1COc2ccc(C(=O)COC(=O)CCSc3ccc(F)cc3)cc2N1. The van der Waals surface area contributed by atoms with Crippen LogP contribution < -0.4 is 10.1 Å². The smallest absolute Gasteiger partial charge is 0.307 e. The average molecular weight is 389 g/mol.